The smallest absolute Gasteiger partial charge is 0.146 e. The van der Waals surface area contributed by atoms with Crippen LogP contribution in [-0.2, 0) is 0 Å². The van der Waals surface area contributed by atoms with E-state index >= 15 is 0 Å². The van der Waals surface area contributed by atoms with Crippen LogP contribution in [0.1, 0.15) is 0 Å². The largest absolute Gasteiger partial charge is 0.507 e. The summed E-state index contributed by atoms with van der Waals surface area (Å²) in [5, 5.41) is 27.8. The second-order valence-corrected chi connectivity index (χ2v) is 4.62. The molecule has 0 spiro atoms. The molecule has 18 heavy (non-hydrogen) atoms. The van der Waals surface area contributed by atoms with Crippen molar-refractivity contribution in [2.24, 2.45) is 0 Å². The Balaban J connectivity index is 2.22. The molecule has 0 aliphatic rings. The molecule has 0 aliphatic carbocycles. The van der Waals surface area contributed by atoms with Gasteiger partial charge in [-0.1, -0.05) is 12.1 Å². The van der Waals surface area contributed by atoms with E-state index in [9.17, 15) is 10.2 Å². The lowest BCUT2D eigenvalue weighted by atomic mass is 10.3. The standard InChI is InChI=1S/C12H8BrN3O2/c13-7-5-10(12(18)6-11(7)17)16-14-8-3-1-2-4-9(8)15-16/h1-6,17-18H. The minimum absolute atomic E-state index is 0.0343. The third kappa shape index (κ3) is 1.70. The predicted molar refractivity (Wildman–Crippen MR) is 69.9 cm³/mol. The van der Waals surface area contributed by atoms with Crippen molar-refractivity contribution in [2.45, 2.75) is 0 Å². The molecule has 2 aromatic carbocycles. The molecule has 0 saturated carbocycles. The third-order valence-corrected chi connectivity index (χ3v) is 3.18. The molecule has 2 N–H and O–H groups in total. The third-order valence-electron chi connectivity index (χ3n) is 2.55. The molecule has 0 atom stereocenters. The average Bonchev–Trinajstić information content (AvgIpc) is 2.77. The number of hydrogen-bond acceptors (Lipinski definition) is 4. The first-order chi connectivity index (χ1) is 8.65. The van der Waals surface area contributed by atoms with E-state index in [-0.39, 0.29) is 11.5 Å². The van der Waals surface area contributed by atoms with Gasteiger partial charge in [0.1, 0.15) is 28.2 Å². The van der Waals surface area contributed by atoms with Gasteiger partial charge < -0.3 is 10.2 Å². The molecule has 0 fully saturated rings. The van der Waals surface area contributed by atoms with E-state index in [2.05, 4.69) is 26.1 Å². The zero-order valence-electron chi connectivity index (χ0n) is 9.08. The summed E-state index contributed by atoms with van der Waals surface area (Å²) >= 11 is 3.19. The first-order valence-electron chi connectivity index (χ1n) is 5.19. The first kappa shape index (κ1) is 11.0. The Hall–Kier alpha value is -2.08. The Morgan fingerprint density at radius 1 is 0.944 bits per heavy atom. The minimum atomic E-state index is -0.0870. The highest BCUT2D eigenvalue weighted by Crippen LogP contribution is 2.33. The van der Waals surface area contributed by atoms with Crippen molar-refractivity contribution in [3.8, 4) is 17.2 Å². The molecule has 6 heteroatoms. The van der Waals surface area contributed by atoms with Crippen molar-refractivity contribution >= 4 is 27.0 Å². The summed E-state index contributed by atoms with van der Waals surface area (Å²) in [7, 11) is 0. The highest BCUT2D eigenvalue weighted by atomic mass is 79.9. The summed E-state index contributed by atoms with van der Waals surface area (Å²) in [5.41, 5.74) is 1.87. The van der Waals surface area contributed by atoms with E-state index in [0.717, 1.165) is 11.0 Å². The van der Waals surface area contributed by atoms with E-state index in [1.165, 1.54) is 10.9 Å². The van der Waals surface area contributed by atoms with Gasteiger partial charge in [0.05, 0.1) is 4.47 Å². The molecule has 90 valence electrons. The van der Waals surface area contributed by atoms with Crippen molar-refractivity contribution in [1.82, 2.24) is 15.0 Å². The molecule has 1 heterocycles. The van der Waals surface area contributed by atoms with Gasteiger partial charge >= 0.3 is 0 Å². The Morgan fingerprint density at radius 2 is 1.56 bits per heavy atom. The van der Waals surface area contributed by atoms with E-state index in [1.54, 1.807) is 6.07 Å². The van der Waals surface area contributed by atoms with Crippen molar-refractivity contribution in [1.29, 1.82) is 0 Å². The van der Waals surface area contributed by atoms with Crippen LogP contribution < -0.4 is 0 Å². The highest BCUT2D eigenvalue weighted by molar-refractivity contribution is 9.10. The first-order valence-corrected chi connectivity index (χ1v) is 5.98. The molecule has 0 unspecified atom stereocenters. The second-order valence-electron chi connectivity index (χ2n) is 3.77. The number of phenolic OH excluding ortho intramolecular Hbond substituents is 2. The number of rotatable bonds is 1. The maximum absolute atomic E-state index is 9.81. The van der Waals surface area contributed by atoms with E-state index in [0.29, 0.717) is 10.2 Å². The summed E-state index contributed by atoms with van der Waals surface area (Å²) < 4.78 is 0.469. The van der Waals surface area contributed by atoms with Gasteiger partial charge in [0.2, 0.25) is 0 Å². The Kier molecular flexibility index (Phi) is 2.45. The molecular formula is C12H8BrN3O2. The molecular weight excluding hydrogens is 298 g/mol. The number of aromatic hydroxyl groups is 2. The average molecular weight is 306 g/mol. The lowest BCUT2D eigenvalue weighted by Crippen LogP contribution is -1.99. The van der Waals surface area contributed by atoms with Crippen molar-refractivity contribution < 1.29 is 10.2 Å². The van der Waals surface area contributed by atoms with Crippen LogP contribution in [0, 0.1) is 0 Å². The van der Waals surface area contributed by atoms with E-state index in [1.807, 2.05) is 24.3 Å². The molecule has 3 aromatic rings. The topological polar surface area (TPSA) is 71.2 Å². The van der Waals surface area contributed by atoms with Crippen LogP contribution in [0.5, 0.6) is 11.5 Å². The van der Waals surface area contributed by atoms with E-state index < -0.39 is 0 Å². The number of hydrogen-bond donors (Lipinski definition) is 2. The maximum atomic E-state index is 9.81. The Bertz CT molecular complexity index is 706. The Labute approximate surface area is 110 Å². The molecule has 0 radical (unpaired) electrons. The van der Waals surface area contributed by atoms with Gasteiger partial charge in [0.25, 0.3) is 0 Å². The maximum Gasteiger partial charge on any atom is 0.146 e. The SMILES string of the molecule is Oc1cc(O)c(-n2nc3ccccc3n2)cc1Br. The molecule has 0 bridgehead atoms. The number of benzene rings is 2. The summed E-state index contributed by atoms with van der Waals surface area (Å²) in [6.07, 6.45) is 0. The van der Waals surface area contributed by atoms with Crippen LogP contribution in [0.15, 0.2) is 40.9 Å². The van der Waals surface area contributed by atoms with Gasteiger partial charge in [-0.2, -0.15) is 0 Å². The fraction of sp³-hybridized carbons (Fsp3) is 0. The summed E-state index contributed by atoms with van der Waals surface area (Å²) in [6, 6.07) is 10.2. The fourth-order valence-corrected chi connectivity index (χ4v) is 2.00. The van der Waals surface area contributed by atoms with Gasteiger partial charge in [-0.25, -0.2) is 0 Å². The van der Waals surface area contributed by atoms with Crippen molar-refractivity contribution in [3.63, 3.8) is 0 Å². The van der Waals surface area contributed by atoms with Crippen LogP contribution in [0.2, 0.25) is 0 Å². The number of phenols is 2. The lowest BCUT2D eigenvalue weighted by Gasteiger charge is -2.04. The van der Waals surface area contributed by atoms with Crippen LogP contribution in [0.4, 0.5) is 0 Å². The second kappa shape index (κ2) is 3.99. The van der Waals surface area contributed by atoms with Gasteiger partial charge in [0, 0.05) is 6.07 Å². The van der Waals surface area contributed by atoms with Crippen LogP contribution in [-0.4, -0.2) is 25.2 Å². The zero-order valence-corrected chi connectivity index (χ0v) is 10.7. The van der Waals surface area contributed by atoms with Crippen molar-refractivity contribution in [2.75, 3.05) is 0 Å². The predicted octanol–water partition coefficient (Wildman–Crippen LogP) is 2.59. The number of fused-ring (bicyclic) bond motifs is 1. The number of halogens is 1. The quantitative estimate of drug-likeness (QED) is 0.725. The molecule has 1 aromatic heterocycles. The number of nitrogens with zero attached hydrogens (tertiary/aromatic N) is 3. The van der Waals surface area contributed by atoms with Crippen LogP contribution >= 0.6 is 15.9 Å². The molecule has 5 nitrogen and oxygen atoms in total. The van der Waals surface area contributed by atoms with Gasteiger partial charge in [0.15, 0.2) is 0 Å². The normalized spacial score (nSPS) is 10.9. The summed E-state index contributed by atoms with van der Waals surface area (Å²) in [6.45, 7) is 0. The Morgan fingerprint density at radius 3 is 2.17 bits per heavy atom. The summed E-state index contributed by atoms with van der Waals surface area (Å²) in [5.74, 6) is -0.121. The minimum Gasteiger partial charge on any atom is -0.507 e. The highest BCUT2D eigenvalue weighted by Gasteiger charge is 2.11. The zero-order chi connectivity index (χ0) is 12.7. The molecule has 0 aliphatic heterocycles. The summed E-state index contributed by atoms with van der Waals surface area (Å²) in [4.78, 5) is 1.34. The van der Waals surface area contributed by atoms with Gasteiger partial charge in [-0.05, 0) is 34.1 Å². The fourth-order valence-electron chi connectivity index (χ4n) is 1.67. The number of aromatic nitrogens is 3. The lowest BCUT2D eigenvalue weighted by molar-refractivity contribution is 0.444. The van der Waals surface area contributed by atoms with Crippen LogP contribution in [0.25, 0.3) is 16.7 Å². The molecule has 0 amide bonds. The van der Waals surface area contributed by atoms with Gasteiger partial charge in [-0.3, -0.25) is 0 Å². The van der Waals surface area contributed by atoms with Gasteiger partial charge in [-0.15, -0.1) is 15.0 Å². The monoisotopic (exact) mass is 305 g/mol. The molecule has 0 saturated heterocycles. The van der Waals surface area contributed by atoms with Crippen molar-refractivity contribution in [3.05, 3.63) is 40.9 Å². The van der Waals surface area contributed by atoms with Crippen LogP contribution in [0.3, 0.4) is 0 Å². The van der Waals surface area contributed by atoms with E-state index in [4.69, 9.17) is 0 Å². The molecule has 3 rings (SSSR count).